The SMILES string of the molecule is CCCOc1ccc(/C=C/C(=O)Oc2ccc(C)cc2C(C)(C)C)cc1OC. The van der Waals surface area contributed by atoms with Gasteiger partial charge in [-0.1, -0.05) is 51.5 Å². The van der Waals surface area contributed by atoms with Gasteiger partial charge in [0.25, 0.3) is 0 Å². The predicted molar refractivity (Wildman–Crippen MR) is 113 cm³/mol. The monoisotopic (exact) mass is 382 g/mol. The molecule has 0 radical (unpaired) electrons. The van der Waals surface area contributed by atoms with E-state index in [9.17, 15) is 4.79 Å². The molecule has 0 N–H and O–H groups in total. The van der Waals surface area contributed by atoms with Crippen LogP contribution in [0.1, 0.15) is 50.8 Å². The van der Waals surface area contributed by atoms with Crippen LogP contribution in [0.25, 0.3) is 6.08 Å². The van der Waals surface area contributed by atoms with Gasteiger partial charge in [0, 0.05) is 11.6 Å². The van der Waals surface area contributed by atoms with Crippen molar-refractivity contribution >= 4 is 12.0 Å². The van der Waals surface area contributed by atoms with Crippen molar-refractivity contribution in [3.05, 3.63) is 59.2 Å². The molecule has 4 heteroatoms. The maximum absolute atomic E-state index is 12.3. The van der Waals surface area contributed by atoms with E-state index in [4.69, 9.17) is 14.2 Å². The highest BCUT2D eigenvalue weighted by atomic mass is 16.5. The topological polar surface area (TPSA) is 44.8 Å². The number of rotatable bonds is 7. The van der Waals surface area contributed by atoms with Crippen LogP contribution in [0.2, 0.25) is 0 Å². The zero-order valence-corrected chi connectivity index (χ0v) is 17.7. The Bertz CT molecular complexity index is 844. The average Bonchev–Trinajstić information content (AvgIpc) is 2.65. The quantitative estimate of drug-likeness (QED) is 0.350. The molecule has 150 valence electrons. The van der Waals surface area contributed by atoms with Crippen LogP contribution in [0.15, 0.2) is 42.5 Å². The molecule has 28 heavy (non-hydrogen) atoms. The van der Waals surface area contributed by atoms with E-state index in [1.807, 2.05) is 44.2 Å². The molecular formula is C24H30O4. The molecule has 0 aliphatic heterocycles. The molecule has 4 nitrogen and oxygen atoms in total. The third-order valence-electron chi connectivity index (χ3n) is 4.21. The number of aryl methyl sites for hydroxylation is 1. The third-order valence-corrected chi connectivity index (χ3v) is 4.21. The fourth-order valence-electron chi connectivity index (χ4n) is 2.74. The second kappa shape index (κ2) is 9.45. The number of benzene rings is 2. The van der Waals surface area contributed by atoms with Gasteiger partial charge in [0.2, 0.25) is 0 Å². The van der Waals surface area contributed by atoms with Crippen molar-refractivity contribution in [1.82, 2.24) is 0 Å². The van der Waals surface area contributed by atoms with Crippen LogP contribution in [-0.4, -0.2) is 19.7 Å². The largest absolute Gasteiger partial charge is 0.493 e. The van der Waals surface area contributed by atoms with Crippen LogP contribution in [0.4, 0.5) is 0 Å². The summed E-state index contributed by atoms with van der Waals surface area (Å²) < 4.78 is 16.6. The van der Waals surface area contributed by atoms with Crippen molar-refractivity contribution < 1.29 is 19.0 Å². The molecule has 2 aromatic rings. The van der Waals surface area contributed by atoms with Crippen molar-refractivity contribution in [2.24, 2.45) is 0 Å². The Morgan fingerprint density at radius 3 is 2.39 bits per heavy atom. The van der Waals surface area contributed by atoms with Crippen molar-refractivity contribution in [3.63, 3.8) is 0 Å². The second-order valence-electron chi connectivity index (χ2n) is 7.76. The zero-order chi connectivity index (χ0) is 20.7. The molecule has 0 fully saturated rings. The Labute approximate surface area is 168 Å². The van der Waals surface area contributed by atoms with E-state index >= 15 is 0 Å². The molecule has 0 amide bonds. The number of methoxy groups -OCH3 is 1. The summed E-state index contributed by atoms with van der Waals surface area (Å²) in [5, 5.41) is 0. The number of esters is 1. The predicted octanol–water partition coefficient (Wildman–Crippen LogP) is 5.71. The standard InChI is InChI=1S/C24H30O4/c1-7-14-27-21-12-9-18(16-22(21)26-6)10-13-23(25)28-20-11-8-17(2)15-19(20)24(3,4)5/h8-13,15-16H,7,14H2,1-6H3/b13-10+. The molecule has 0 atom stereocenters. The molecule has 2 rings (SSSR count). The van der Waals surface area contributed by atoms with Crippen LogP contribution in [0, 0.1) is 6.92 Å². The molecule has 2 aromatic carbocycles. The molecule has 0 aromatic heterocycles. The molecule has 0 unspecified atom stereocenters. The second-order valence-corrected chi connectivity index (χ2v) is 7.76. The zero-order valence-electron chi connectivity index (χ0n) is 17.7. The van der Waals surface area contributed by atoms with Crippen LogP contribution in [-0.2, 0) is 10.2 Å². The van der Waals surface area contributed by atoms with Gasteiger partial charge in [-0.05, 0) is 48.6 Å². The lowest BCUT2D eigenvalue weighted by Crippen LogP contribution is -2.15. The Hall–Kier alpha value is -2.75. The van der Waals surface area contributed by atoms with E-state index in [1.54, 1.807) is 13.2 Å². The highest BCUT2D eigenvalue weighted by molar-refractivity contribution is 5.89. The first-order valence-corrected chi connectivity index (χ1v) is 9.56. The van der Waals surface area contributed by atoms with Gasteiger partial charge in [0.05, 0.1) is 13.7 Å². The van der Waals surface area contributed by atoms with E-state index in [0.717, 1.165) is 23.1 Å². The number of ether oxygens (including phenoxy) is 3. The van der Waals surface area contributed by atoms with E-state index in [0.29, 0.717) is 23.9 Å². The van der Waals surface area contributed by atoms with Crippen LogP contribution < -0.4 is 14.2 Å². The average molecular weight is 383 g/mol. The fourth-order valence-corrected chi connectivity index (χ4v) is 2.74. The van der Waals surface area contributed by atoms with E-state index in [2.05, 4.69) is 26.8 Å². The Balaban J connectivity index is 2.14. The van der Waals surface area contributed by atoms with Crippen molar-refractivity contribution in [1.29, 1.82) is 0 Å². The summed E-state index contributed by atoms with van der Waals surface area (Å²) in [6.07, 6.45) is 4.05. The maximum Gasteiger partial charge on any atom is 0.336 e. The van der Waals surface area contributed by atoms with E-state index < -0.39 is 5.97 Å². The highest BCUT2D eigenvalue weighted by Gasteiger charge is 2.20. The van der Waals surface area contributed by atoms with Crippen molar-refractivity contribution in [2.75, 3.05) is 13.7 Å². The minimum absolute atomic E-state index is 0.118. The summed E-state index contributed by atoms with van der Waals surface area (Å²) in [6, 6.07) is 11.4. The number of hydrogen-bond acceptors (Lipinski definition) is 4. The summed E-state index contributed by atoms with van der Waals surface area (Å²) >= 11 is 0. The van der Waals surface area contributed by atoms with E-state index in [-0.39, 0.29) is 5.41 Å². The van der Waals surface area contributed by atoms with Crippen molar-refractivity contribution in [2.45, 2.75) is 46.5 Å². The summed E-state index contributed by atoms with van der Waals surface area (Å²) in [6.45, 7) is 11.0. The lowest BCUT2D eigenvalue weighted by atomic mass is 9.85. The Morgan fingerprint density at radius 1 is 1.04 bits per heavy atom. The molecular weight excluding hydrogens is 352 g/mol. The van der Waals surface area contributed by atoms with Gasteiger partial charge in [-0.25, -0.2) is 4.79 Å². The lowest BCUT2D eigenvalue weighted by molar-refractivity contribution is -0.129. The van der Waals surface area contributed by atoms with Gasteiger partial charge in [-0.15, -0.1) is 0 Å². The molecule has 0 saturated heterocycles. The molecule has 0 heterocycles. The third kappa shape index (κ3) is 5.88. The molecule has 0 spiro atoms. The number of carbonyl (C=O) groups excluding carboxylic acids is 1. The minimum Gasteiger partial charge on any atom is -0.493 e. The first-order valence-electron chi connectivity index (χ1n) is 9.56. The lowest BCUT2D eigenvalue weighted by Gasteiger charge is -2.22. The number of carbonyl (C=O) groups is 1. The van der Waals surface area contributed by atoms with Crippen LogP contribution in [0.3, 0.4) is 0 Å². The summed E-state index contributed by atoms with van der Waals surface area (Å²) in [4.78, 5) is 12.3. The number of hydrogen-bond donors (Lipinski definition) is 0. The van der Waals surface area contributed by atoms with Gasteiger partial charge in [-0.3, -0.25) is 0 Å². The van der Waals surface area contributed by atoms with Gasteiger partial charge in [0.15, 0.2) is 11.5 Å². The van der Waals surface area contributed by atoms with Gasteiger partial charge >= 0.3 is 5.97 Å². The fraction of sp³-hybridized carbons (Fsp3) is 0.375. The first kappa shape index (κ1) is 21.5. The summed E-state index contributed by atoms with van der Waals surface area (Å²) in [5.74, 6) is 1.50. The highest BCUT2D eigenvalue weighted by Crippen LogP contribution is 2.32. The van der Waals surface area contributed by atoms with Gasteiger partial charge in [-0.2, -0.15) is 0 Å². The summed E-state index contributed by atoms with van der Waals surface area (Å²) in [5.41, 5.74) is 2.86. The first-order chi connectivity index (χ1) is 13.2. The Morgan fingerprint density at radius 2 is 1.75 bits per heavy atom. The minimum atomic E-state index is -0.417. The van der Waals surface area contributed by atoms with Gasteiger partial charge < -0.3 is 14.2 Å². The molecule has 0 bridgehead atoms. The van der Waals surface area contributed by atoms with Crippen molar-refractivity contribution in [3.8, 4) is 17.2 Å². The van der Waals surface area contributed by atoms with Crippen LogP contribution >= 0.6 is 0 Å². The van der Waals surface area contributed by atoms with Gasteiger partial charge in [0.1, 0.15) is 5.75 Å². The van der Waals surface area contributed by atoms with Crippen LogP contribution in [0.5, 0.6) is 17.2 Å². The maximum atomic E-state index is 12.3. The Kier molecular flexibility index (Phi) is 7.27. The normalized spacial score (nSPS) is 11.5. The molecule has 0 saturated carbocycles. The molecule has 0 aliphatic carbocycles. The molecule has 0 aliphatic rings. The smallest absolute Gasteiger partial charge is 0.336 e. The van der Waals surface area contributed by atoms with E-state index in [1.165, 1.54) is 6.08 Å². The summed E-state index contributed by atoms with van der Waals surface area (Å²) in [7, 11) is 1.60.